The number of rotatable bonds is 4. The smallest absolute Gasteiger partial charge is 0.224 e. The zero-order valence-corrected chi connectivity index (χ0v) is 12.8. The summed E-state index contributed by atoms with van der Waals surface area (Å²) in [6.07, 6.45) is 1.63. The van der Waals surface area contributed by atoms with Crippen LogP contribution in [0.1, 0.15) is 12.0 Å². The van der Waals surface area contributed by atoms with E-state index in [0.717, 1.165) is 31.6 Å². The van der Waals surface area contributed by atoms with Crippen molar-refractivity contribution in [1.82, 2.24) is 10.6 Å². The molecule has 0 bridgehead atoms. The van der Waals surface area contributed by atoms with E-state index in [9.17, 15) is 4.79 Å². The largest absolute Gasteiger partial charge is 0.355 e. The first kappa shape index (κ1) is 15.8. The van der Waals surface area contributed by atoms with E-state index in [-0.39, 0.29) is 18.3 Å². The molecule has 1 aliphatic heterocycles. The molecule has 3 nitrogen and oxygen atoms in total. The van der Waals surface area contributed by atoms with E-state index in [2.05, 4.69) is 34.9 Å². The summed E-state index contributed by atoms with van der Waals surface area (Å²) in [6, 6.07) is 14.5. The summed E-state index contributed by atoms with van der Waals surface area (Å²) in [6.45, 7) is 2.89. The van der Waals surface area contributed by atoms with Crippen molar-refractivity contribution in [3.05, 3.63) is 48.0 Å². The number of nitrogens with one attached hydrogen (secondary N) is 2. The first-order valence-electron chi connectivity index (χ1n) is 7.26. The van der Waals surface area contributed by atoms with Gasteiger partial charge in [-0.25, -0.2) is 0 Å². The lowest BCUT2D eigenvalue weighted by Gasteiger charge is -2.10. The molecule has 4 heteroatoms. The van der Waals surface area contributed by atoms with E-state index < -0.39 is 0 Å². The fourth-order valence-corrected chi connectivity index (χ4v) is 2.74. The van der Waals surface area contributed by atoms with Crippen molar-refractivity contribution in [2.45, 2.75) is 12.8 Å². The van der Waals surface area contributed by atoms with Gasteiger partial charge in [0.2, 0.25) is 5.91 Å². The van der Waals surface area contributed by atoms with E-state index in [4.69, 9.17) is 0 Å². The van der Waals surface area contributed by atoms with Crippen molar-refractivity contribution < 1.29 is 4.79 Å². The molecule has 0 aliphatic carbocycles. The maximum atomic E-state index is 12.0. The molecule has 1 aliphatic rings. The van der Waals surface area contributed by atoms with Gasteiger partial charge in [0, 0.05) is 6.54 Å². The van der Waals surface area contributed by atoms with Crippen LogP contribution in [0.4, 0.5) is 0 Å². The van der Waals surface area contributed by atoms with Gasteiger partial charge in [-0.05, 0) is 41.8 Å². The molecule has 1 heterocycles. The fourth-order valence-electron chi connectivity index (χ4n) is 2.74. The van der Waals surface area contributed by atoms with E-state index >= 15 is 0 Å². The van der Waals surface area contributed by atoms with Gasteiger partial charge in [0.25, 0.3) is 0 Å². The van der Waals surface area contributed by atoms with Crippen LogP contribution in [-0.2, 0) is 11.2 Å². The van der Waals surface area contributed by atoms with Crippen LogP contribution < -0.4 is 10.6 Å². The summed E-state index contributed by atoms with van der Waals surface area (Å²) in [5.41, 5.74) is 1.07. The monoisotopic (exact) mass is 304 g/mol. The number of benzene rings is 2. The van der Waals surface area contributed by atoms with Crippen molar-refractivity contribution in [1.29, 1.82) is 0 Å². The Balaban J connectivity index is 0.00000161. The topological polar surface area (TPSA) is 41.1 Å². The first-order valence-corrected chi connectivity index (χ1v) is 7.26. The van der Waals surface area contributed by atoms with Gasteiger partial charge in [0.15, 0.2) is 0 Å². The number of fused-ring (bicyclic) bond motifs is 1. The van der Waals surface area contributed by atoms with Crippen LogP contribution in [-0.4, -0.2) is 25.5 Å². The van der Waals surface area contributed by atoms with Gasteiger partial charge >= 0.3 is 0 Å². The summed E-state index contributed by atoms with van der Waals surface area (Å²) < 4.78 is 0. The summed E-state index contributed by atoms with van der Waals surface area (Å²) in [7, 11) is 0. The second-order valence-corrected chi connectivity index (χ2v) is 5.52. The Bertz CT molecular complexity index is 609. The molecular weight excluding hydrogens is 284 g/mol. The second-order valence-electron chi connectivity index (χ2n) is 5.52. The zero-order chi connectivity index (χ0) is 13.8. The first-order chi connectivity index (χ1) is 9.81. The minimum atomic E-state index is 0. The molecule has 1 atom stereocenters. The molecule has 2 aromatic carbocycles. The lowest BCUT2D eigenvalue weighted by Crippen LogP contribution is -2.31. The fraction of sp³-hybridized carbons (Fsp3) is 0.353. The van der Waals surface area contributed by atoms with Crippen LogP contribution in [0.15, 0.2) is 42.5 Å². The normalized spacial score (nSPS) is 17.4. The summed E-state index contributed by atoms with van der Waals surface area (Å²) >= 11 is 0. The predicted octanol–water partition coefficient (Wildman–Crippen LogP) is 2.53. The average Bonchev–Trinajstić information content (AvgIpc) is 2.98. The van der Waals surface area contributed by atoms with Gasteiger partial charge in [-0.3, -0.25) is 4.79 Å². The van der Waals surface area contributed by atoms with Gasteiger partial charge in [-0.15, -0.1) is 12.4 Å². The summed E-state index contributed by atoms with van der Waals surface area (Å²) in [4.78, 5) is 12.0. The highest BCUT2D eigenvalue weighted by atomic mass is 35.5. The molecule has 2 N–H and O–H groups in total. The Kier molecular flexibility index (Phi) is 5.59. The van der Waals surface area contributed by atoms with E-state index in [1.807, 2.05) is 18.2 Å². The van der Waals surface area contributed by atoms with Crippen molar-refractivity contribution in [3.63, 3.8) is 0 Å². The van der Waals surface area contributed by atoms with Crippen molar-refractivity contribution in [2.75, 3.05) is 19.6 Å². The third-order valence-electron chi connectivity index (χ3n) is 3.93. The highest BCUT2D eigenvalue weighted by Crippen LogP contribution is 2.16. The van der Waals surface area contributed by atoms with Gasteiger partial charge in [-0.2, -0.15) is 0 Å². The molecule has 0 radical (unpaired) electrons. The van der Waals surface area contributed by atoms with Crippen molar-refractivity contribution in [3.8, 4) is 0 Å². The quantitative estimate of drug-likeness (QED) is 0.911. The molecule has 3 rings (SSSR count). The second kappa shape index (κ2) is 7.43. The van der Waals surface area contributed by atoms with Gasteiger partial charge in [0.1, 0.15) is 0 Å². The molecule has 1 saturated heterocycles. The average molecular weight is 305 g/mol. The number of amides is 1. The minimum absolute atomic E-state index is 0. The Labute approximate surface area is 131 Å². The summed E-state index contributed by atoms with van der Waals surface area (Å²) in [5, 5.41) is 8.77. The zero-order valence-electron chi connectivity index (χ0n) is 12.0. The third kappa shape index (κ3) is 4.19. The maximum absolute atomic E-state index is 12.0. The Hall–Kier alpha value is -1.58. The van der Waals surface area contributed by atoms with Gasteiger partial charge in [-0.1, -0.05) is 42.5 Å². The van der Waals surface area contributed by atoms with Crippen LogP contribution >= 0.6 is 12.4 Å². The Morgan fingerprint density at radius 1 is 1.19 bits per heavy atom. The Morgan fingerprint density at radius 3 is 2.76 bits per heavy atom. The minimum Gasteiger partial charge on any atom is -0.355 e. The number of halogens is 1. The Morgan fingerprint density at radius 2 is 2.00 bits per heavy atom. The molecular formula is C17H21ClN2O. The van der Waals surface area contributed by atoms with Gasteiger partial charge in [0.05, 0.1) is 6.42 Å². The molecule has 0 saturated carbocycles. The van der Waals surface area contributed by atoms with Crippen LogP contribution in [0.5, 0.6) is 0 Å². The molecule has 0 spiro atoms. The van der Waals surface area contributed by atoms with Crippen LogP contribution in [0.25, 0.3) is 10.8 Å². The van der Waals surface area contributed by atoms with Crippen LogP contribution in [0.2, 0.25) is 0 Å². The highest BCUT2D eigenvalue weighted by molar-refractivity contribution is 5.85. The molecule has 1 fully saturated rings. The van der Waals surface area contributed by atoms with Crippen molar-refractivity contribution in [2.24, 2.45) is 5.92 Å². The number of carbonyl (C=O) groups is 1. The maximum Gasteiger partial charge on any atom is 0.224 e. The van der Waals surface area contributed by atoms with Crippen LogP contribution in [0.3, 0.4) is 0 Å². The number of hydrogen-bond acceptors (Lipinski definition) is 2. The molecule has 1 amide bonds. The van der Waals surface area contributed by atoms with Crippen LogP contribution in [0, 0.1) is 5.92 Å². The summed E-state index contributed by atoms with van der Waals surface area (Å²) in [5.74, 6) is 0.711. The SMILES string of the molecule is Cl.O=C(Cc1ccc2ccccc2c1)NCC1CCNC1. The lowest BCUT2D eigenvalue weighted by atomic mass is 10.0. The molecule has 1 unspecified atom stereocenters. The lowest BCUT2D eigenvalue weighted by molar-refractivity contribution is -0.120. The molecule has 112 valence electrons. The number of hydrogen-bond donors (Lipinski definition) is 2. The standard InChI is InChI=1S/C17H20N2O.ClH/c20-17(19-12-14-7-8-18-11-14)10-13-5-6-15-3-1-2-4-16(15)9-13;/h1-6,9,14,18H,7-8,10-12H2,(H,19,20);1H. The van der Waals surface area contributed by atoms with E-state index in [1.165, 1.54) is 10.8 Å². The highest BCUT2D eigenvalue weighted by Gasteiger charge is 2.15. The third-order valence-corrected chi connectivity index (χ3v) is 3.93. The predicted molar refractivity (Wildman–Crippen MR) is 88.9 cm³/mol. The molecule has 0 aromatic heterocycles. The number of carbonyl (C=O) groups excluding carboxylic acids is 1. The van der Waals surface area contributed by atoms with Gasteiger partial charge < -0.3 is 10.6 Å². The van der Waals surface area contributed by atoms with E-state index in [1.54, 1.807) is 0 Å². The molecule has 21 heavy (non-hydrogen) atoms. The molecule has 2 aromatic rings. The van der Waals surface area contributed by atoms with Crippen molar-refractivity contribution >= 4 is 29.1 Å². The van der Waals surface area contributed by atoms with E-state index in [0.29, 0.717) is 12.3 Å².